The van der Waals surface area contributed by atoms with Gasteiger partial charge in [0.25, 0.3) is 0 Å². The Morgan fingerprint density at radius 1 is 1.53 bits per heavy atom. The Morgan fingerprint density at radius 3 is 2.73 bits per heavy atom. The largest absolute Gasteiger partial charge is 0.458 e. The summed E-state index contributed by atoms with van der Waals surface area (Å²) in [6, 6.07) is 1.90. The number of rotatable bonds is 3. The van der Waals surface area contributed by atoms with Crippen LogP contribution in [0, 0.1) is 0 Å². The molecule has 0 aromatic carbocycles. The lowest BCUT2D eigenvalue weighted by Gasteiger charge is -2.20. The number of anilines is 1. The number of carbonyl (C=O) groups excluding carboxylic acids is 1. The van der Waals surface area contributed by atoms with Crippen LogP contribution in [0.1, 0.15) is 25.5 Å². The summed E-state index contributed by atoms with van der Waals surface area (Å²) in [6.45, 7) is 3.24. The molecular formula is C11H16N2O2. The zero-order valence-corrected chi connectivity index (χ0v) is 9.52. The number of ether oxygens (including phenoxy) is 1. The molecule has 0 bridgehead atoms. The summed E-state index contributed by atoms with van der Waals surface area (Å²) in [4.78, 5) is 16.9. The summed E-state index contributed by atoms with van der Waals surface area (Å²) < 4.78 is 5.12. The predicted molar refractivity (Wildman–Crippen MR) is 58.7 cm³/mol. The van der Waals surface area contributed by atoms with Crippen molar-refractivity contribution in [2.45, 2.75) is 20.0 Å². The molecule has 15 heavy (non-hydrogen) atoms. The molecule has 1 heterocycles. The summed E-state index contributed by atoms with van der Waals surface area (Å²) >= 11 is 0. The molecule has 0 aliphatic heterocycles. The van der Waals surface area contributed by atoms with Crippen LogP contribution in [0.4, 0.5) is 5.69 Å². The molecule has 1 aromatic rings. The highest BCUT2D eigenvalue weighted by Gasteiger charge is 2.14. The molecule has 1 rings (SSSR count). The summed E-state index contributed by atoms with van der Waals surface area (Å²) in [7, 11) is 3.89. The second-order valence-corrected chi connectivity index (χ2v) is 3.58. The molecule has 0 aliphatic rings. The van der Waals surface area contributed by atoms with Gasteiger partial charge in [0.1, 0.15) is 6.10 Å². The number of aromatic nitrogens is 1. The third-order valence-corrected chi connectivity index (χ3v) is 2.09. The van der Waals surface area contributed by atoms with E-state index in [1.54, 1.807) is 12.4 Å². The normalized spacial score (nSPS) is 12.0. The number of pyridine rings is 1. The number of nitrogens with zero attached hydrogens (tertiary/aromatic N) is 2. The van der Waals surface area contributed by atoms with Gasteiger partial charge in [-0.15, -0.1) is 0 Å². The second-order valence-electron chi connectivity index (χ2n) is 3.58. The number of hydrogen-bond acceptors (Lipinski definition) is 4. The highest BCUT2D eigenvalue weighted by molar-refractivity contribution is 5.66. The Bertz CT molecular complexity index is 350. The van der Waals surface area contributed by atoms with Crippen molar-refractivity contribution < 1.29 is 9.53 Å². The second kappa shape index (κ2) is 4.77. The molecule has 0 amide bonds. The van der Waals surface area contributed by atoms with Gasteiger partial charge in [-0.2, -0.15) is 0 Å². The third kappa shape index (κ3) is 2.94. The van der Waals surface area contributed by atoms with E-state index in [0.29, 0.717) is 0 Å². The molecule has 0 saturated carbocycles. The fourth-order valence-electron chi connectivity index (χ4n) is 1.43. The molecule has 0 spiro atoms. The minimum absolute atomic E-state index is 0.270. The molecule has 4 heteroatoms. The van der Waals surface area contributed by atoms with Gasteiger partial charge in [-0.05, 0) is 13.0 Å². The third-order valence-electron chi connectivity index (χ3n) is 2.09. The van der Waals surface area contributed by atoms with Crippen LogP contribution in [-0.4, -0.2) is 25.0 Å². The Kier molecular flexibility index (Phi) is 3.66. The van der Waals surface area contributed by atoms with E-state index >= 15 is 0 Å². The van der Waals surface area contributed by atoms with Crippen molar-refractivity contribution in [3.05, 3.63) is 24.0 Å². The summed E-state index contributed by atoms with van der Waals surface area (Å²) in [6.07, 6.45) is 3.18. The Labute approximate surface area is 89.9 Å². The zero-order chi connectivity index (χ0) is 11.4. The van der Waals surface area contributed by atoms with Crippen molar-refractivity contribution in [2.75, 3.05) is 19.0 Å². The SMILES string of the molecule is CC(=O)OC(C)c1cnccc1N(C)C. The Morgan fingerprint density at radius 2 is 2.20 bits per heavy atom. The van der Waals surface area contributed by atoms with Gasteiger partial charge in [-0.3, -0.25) is 9.78 Å². The highest BCUT2D eigenvalue weighted by Crippen LogP contribution is 2.25. The van der Waals surface area contributed by atoms with Crippen LogP contribution in [0.5, 0.6) is 0 Å². The number of hydrogen-bond donors (Lipinski definition) is 0. The van der Waals surface area contributed by atoms with Crippen molar-refractivity contribution in [2.24, 2.45) is 0 Å². The maximum absolute atomic E-state index is 10.9. The van der Waals surface area contributed by atoms with Gasteiger partial charge in [-0.25, -0.2) is 0 Å². The van der Waals surface area contributed by atoms with Crippen LogP contribution in [0.25, 0.3) is 0 Å². The Hall–Kier alpha value is -1.58. The maximum atomic E-state index is 10.9. The zero-order valence-electron chi connectivity index (χ0n) is 9.52. The minimum Gasteiger partial charge on any atom is -0.458 e. The first-order valence-corrected chi connectivity index (χ1v) is 4.81. The monoisotopic (exact) mass is 208 g/mol. The van der Waals surface area contributed by atoms with Gasteiger partial charge >= 0.3 is 5.97 Å². The van der Waals surface area contributed by atoms with Crippen molar-refractivity contribution >= 4 is 11.7 Å². The van der Waals surface area contributed by atoms with E-state index in [4.69, 9.17) is 4.74 Å². The molecule has 1 atom stereocenters. The lowest BCUT2D eigenvalue weighted by atomic mass is 10.1. The number of esters is 1. The summed E-state index contributed by atoms with van der Waals surface area (Å²) in [5.41, 5.74) is 1.93. The molecular weight excluding hydrogens is 192 g/mol. The molecule has 4 nitrogen and oxygen atoms in total. The standard InChI is InChI=1S/C11H16N2O2/c1-8(15-9(2)14)10-7-12-6-5-11(10)13(3)4/h5-8H,1-4H3. The number of carbonyl (C=O) groups is 1. The molecule has 0 N–H and O–H groups in total. The molecule has 0 fully saturated rings. The molecule has 1 unspecified atom stereocenters. The van der Waals surface area contributed by atoms with E-state index in [2.05, 4.69) is 4.98 Å². The fourth-order valence-corrected chi connectivity index (χ4v) is 1.43. The van der Waals surface area contributed by atoms with E-state index in [1.807, 2.05) is 32.0 Å². The maximum Gasteiger partial charge on any atom is 0.303 e. The molecule has 0 radical (unpaired) electrons. The van der Waals surface area contributed by atoms with Gasteiger partial charge in [0.05, 0.1) is 0 Å². The van der Waals surface area contributed by atoms with Gasteiger partial charge in [-0.1, -0.05) is 0 Å². The van der Waals surface area contributed by atoms with E-state index in [0.717, 1.165) is 11.3 Å². The van der Waals surface area contributed by atoms with E-state index < -0.39 is 0 Å². The quantitative estimate of drug-likeness (QED) is 0.710. The van der Waals surface area contributed by atoms with E-state index in [1.165, 1.54) is 6.92 Å². The first kappa shape index (κ1) is 11.5. The van der Waals surface area contributed by atoms with Crippen LogP contribution < -0.4 is 4.90 Å². The van der Waals surface area contributed by atoms with Crippen LogP contribution in [0.3, 0.4) is 0 Å². The fraction of sp³-hybridized carbons (Fsp3) is 0.455. The average Bonchev–Trinajstić information content (AvgIpc) is 2.16. The van der Waals surface area contributed by atoms with Gasteiger partial charge in [0.2, 0.25) is 0 Å². The molecule has 82 valence electrons. The van der Waals surface area contributed by atoms with Crippen LogP contribution in [-0.2, 0) is 9.53 Å². The first-order valence-electron chi connectivity index (χ1n) is 4.81. The highest BCUT2D eigenvalue weighted by atomic mass is 16.5. The lowest BCUT2D eigenvalue weighted by molar-refractivity contribution is -0.145. The van der Waals surface area contributed by atoms with Gasteiger partial charge in [0.15, 0.2) is 0 Å². The predicted octanol–water partition coefficient (Wildman–Crippen LogP) is 1.77. The van der Waals surface area contributed by atoms with Crippen LogP contribution >= 0.6 is 0 Å². The van der Waals surface area contributed by atoms with Gasteiger partial charge < -0.3 is 9.64 Å². The van der Waals surface area contributed by atoms with Crippen molar-refractivity contribution in [1.82, 2.24) is 4.98 Å². The first-order chi connectivity index (χ1) is 7.02. The summed E-state index contributed by atoms with van der Waals surface area (Å²) in [5.74, 6) is -0.281. The lowest BCUT2D eigenvalue weighted by Crippen LogP contribution is -2.14. The van der Waals surface area contributed by atoms with Crippen LogP contribution in [0.2, 0.25) is 0 Å². The van der Waals surface area contributed by atoms with E-state index in [-0.39, 0.29) is 12.1 Å². The topological polar surface area (TPSA) is 42.4 Å². The summed E-state index contributed by atoms with van der Waals surface area (Å²) in [5, 5.41) is 0. The molecule has 0 aliphatic carbocycles. The minimum atomic E-state index is -0.281. The van der Waals surface area contributed by atoms with Crippen molar-refractivity contribution in [3.8, 4) is 0 Å². The Balaban J connectivity index is 2.97. The average molecular weight is 208 g/mol. The van der Waals surface area contributed by atoms with Crippen LogP contribution in [0.15, 0.2) is 18.5 Å². The van der Waals surface area contributed by atoms with Crippen molar-refractivity contribution in [1.29, 1.82) is 0 Å². The van der Waals surface area contributed by atoms with Crippen molar-refractivity contribution in [3.63, 3.8) is 0 Å². The van der Waals surface area contributed by atoms with Gasteiger partial charge in [0, 0.05) is 44.7 Å². The van der Waals surface area contributed by atoms with E-state index in [9.17, 15) is 4.79 Å². The molecule has 1 aromatic heterocycles. The molecule has 0 saturated heterocycles. The smallest absolute Gasteiger partial charge is 0.303 e.